The summed E-state index contributed by atoms with van der Waals surface area (Å²) in [7, 11) is 0. The zero-order chi connectivity index (χ0) is 8.55. The summed E-state index contributed by atoms with van der Waals surface area (Å²) in [5.41, 5.74) is 2.03. The van der Waals surface area contributed by atoms with E-state index < -0.39 is 0 Å². The van der Waals surface area contributed by atoms with Gasteiger partial charge in [0.2, 0.25) is 0 Å². The lowest BCUT2D eigenvalue weighted by atomic mass is 10.2. The fraction of sp³-hybridized carbons (Fsp3) is 0.111. The van der Waals surface area contributed by atoms with Crippen molar-refractivity contribution in [2.45, 2.75) is 6.92 Å². The van der Waals surface area contributed by atoms with E-state index in [1.54, 1.807) is 6.20 Å². The normalized spacial score (nSPS) is 10.5. The SMILES string of the molecule is Cc1ncc2ncccc2c1I. The van der Waals surface area contributed by atoms with Crippen molar-refractivity contribution in [3.05, 3.63) is 33.8 Å². The number of nitrogens with zero attached hydrogens (tertiary/aromatic N) is 2. The molecule has 0 amide bonds. The van der Waals surface area contributed by atoms with Crippen molar-refractivity contribution in [3.8, 4) is 0 Å². The molecule has 0 aromatic carbocycles. The van der Waals surface area contributed by atoms with Gasteiger partial charge in [0.05, 0.1) is 17.4 Å². The van der Waals surface area contributed by atoms with Crippen molar-refractivity contribution in [3.63, 3.8) is 0 Å². The molecule has 2 aromatic heterocycles. The van der Waals surface area contributed by atoms with E-state index in [1.807, 2.05) is 19.2 Å². The number of pyridine rings is 2. The molecule has 2 aromatic rings. The largest absolute Gasteiger partial charge is 0.258 e. The maximum atomic E-state index is 4.24. The summed E-state index contributed by atoms with van der Waals surface area (Å²) in [6.07, 6.45) is 3.60. The van der Waals surface area contributed by atoms with Crippen molar-refractivity contribution in [2.24, 2.45) is 0 Å². The lowest BCUT2D eigenvalue weighted by Gasteiger charge is -2.00. The van der Waals surface area contributed by atoms with Crippen LogP contribution in [0.3, 0.4) is 0 Å². The van der Waals surface area contributed by atoms with E-state index in [1.165, 1.54) is 8.96 Å². The molecule has 0 aliphatic rings. The molecule has 0 unspecified atom stereocenters. The smallest absolute Gasteiger partial charge is 0.0895 e. The second-order valence-electron chi connectivity index (χ2n) is 2.59. The van der Waals surface area contributed by atoms with E-state index in [0.29, 0.717) is 0 Å². The van der Waals surface area contributed by atoms with E-state index in [4.69, 9.17) is 0 Å². The van der Waals surface area contributed by atoms with Gasteiger partial charge in [0.25, 0.3) is 0 Å². The molecule has 0 fully saturated rings. The molecule has 0 atom stereocenters. The van der Waals surface area contributed by atoms with Gasteiger partial charge >= 0.3 is 0 Å². The first-order valence-corrected chi connectivity index (χ1v) is 4.73. The van der Waals surface area contributed by atoms with Crippen LogP contribution in [0.5, 0.6) is 0 Å². The minimum absolute atomic E-state index is 0.965. The molecule has 0 N–H and O–H groups in total. The first-order valence-electron chi connectivity index (χ1n) is 3.65. The maximum Gasteiger partial charge on any atom is 0.0895 e. The van der Waals surface area contributed by atoms with E-state index >= 15 is 0 Å². The number of hydrogen-bond acceptors (Lipinski definition) is 2. The zero-order valence-corrected chi connectivity index (χ0v) is 8.74. The van der Waals surface area contributed by atoms with Crippen LogP contribution in [-0.2, 0) is 0 Å². The molecule has 2 nitrogen and oxygen atoms in total. The molecule has 0 saturated heterocycles. The van der Waals surface area contributed by atoms with Crippen LogP contribution in [-0.4, -0.2) is 9.97 Å². The average Bonchev–Trinajstić information content (AvgIpc) is 2.12. The van der Waals surface area contributed by atoms with Crippen LogP contribution >= 0.6 is 22.6 Å². The second kappa shape index (κ2) is 2.97. The van der Waals surface area contributed by atoms with Crippen molar-refractivity contribution < 1.29 is 0 Å². The summed E-state index contributed by atoms with van der Waals surface area (Å²) >= 11 is 2.30. The van der Waals surface area contributed by atoms with Crippen molar-refractivity contribution >= 4 is 33.5 Å². The molecule has 0 aliphatic carbocycles. The summed E-state index contributed by atoms with van der Waals surface area (Å²) in [6.45, 7) is 2.01. The maximum absolute atomic E-state index is 4.24. The Morgan fingerprint density at radius 2 is 2.17 bits per heavy atom. The zero-order valence-electron chi connectivity index (χ0n) is 6.58. The highest BCUT2D eigenvalue weighted by atomic mass is 127. The highest BCUT2D eigenvalue weighted by molar-refractivity contribution is 14.1. The van der Waals surface area contributed by atoms with Gasteiger partial charge in [-0.3, -0.25) is 9.97 Å². The standard InChI is InChI=1S/C9H7IN2/c1-6-9(10)7-3-2-4-11-8(7)5-12-6/h2-5H,1H3. The van der Waals surface area contributed by atoms with Crippen LogP contribution in [0, 0.1) is 10.5 Å². The first kappa shape index (κ1) is 7.91. The van der Waals surface area contributed by atoms with Crippen LogP contribution in [0.2, 0.25) is 0 Å². The molecule has 0 spiro atoms. The van der Waals surface area contributed by atoms with Gasteiger partial charge in [-0.15, -0.1) is 0 Å². The third-order valence-electron chi connectivity index (χ3n) is 1.77. The molecule has 2 heterocycles. The molecule has 12 heavy (non-hydrogen) atoms. The minimum atomic E-state index is 0.965. The Kier molecular flexibility index (Phi) is 1.96. The monoisotopic (exact) mass is 270 g/mol. The molecule has 0 radical (unpaired) electrons. The summed E-state index contributed by atoms with van der Waals surface area (Å²) < 4.78 is 1.19. The number of hydrogen-bond donors (Lipinski definition) is 0. The van der Waals surface area contributed by atoms with Crippen LogP contribution in [0.25, 0.3) is 10.9 Å². The predicted octanol–water partition coefficient (Wildman–Crippen LogP) is 2.54. The van der Waals surface area contributed by atoms with Crippen LogP contribution in [0.4, 0.5) is 0 Å². The Morgan fingerprint density at radius 3 is 3.00 bits per heavy atom. The lowest BCUT2D eigenvalue weighted by Crippen LogP contribution is -1.89. The van der Waals surface area contributed by atoms with Gasteiger partial charge in [-0.05, 0) is 35.6 Å². The Morgan fingerprint density at radius 1 is 1.33 bits per heavy atom. The Labute approximate surface area is 84.2 Å². The Bertz CT molecular complexity index is 426. The first-order chi connectivity index (χ1) is 5.79. The van der Waals surface area contributed by atoms with E-state index in [9.17, 15) is 0 Å². The van der Waals surface area contributed by atoms with Gasteiger partial charge in [-0.25, -0.2) is 0 Å². The van der Waals surface area contributed by atoms with Gasteiger partial charge in [-0.1, -0.05) is 6.07 Å². The summed E-state index contributed by atoms with van der Waals surface area (Å²) in [5.74, 6) is 0. The number of fused-ring (bicyclic) bond motifs is 1. The van der Waals surface area contributed by atoms with E-state index in [2.05, 4.69) is 38.6 Å². The fourth-order valence-electron chi connectivity index (χ4n) is 1.12. The van der Waals surface area contributed by atoms with Gasteiger partial charge < -0.3 is 0 Å². The highest BCUT2D eigenvalue weighted by Gasteiger charge is 2.01. The molecule has 0 saturated carbocycles. The summed E-state index contributed by atoms with van der Waals surface area (Å²) in [5, 5.41) is 1.19. The molecule has 60 valence electrons. The van der Waals surface area contributed by atoms with E-state index in [0.717, 1.165) is 11.2 Å². The van der Waals surface area contributed by atoms with Crippen LogP contribution in [0.1, 0.15) is 5.69 Å². The molecule has 0 aliphatic heterocycles. The topological polar surface area (TPSA) is 25.8 Å². The minimum Gasteiger partial charge on any atom is -0.258 e. The van der Waals surface area contributed by atoms with Gasteiger partial charge in [0, 0.05) is 15.2 Å². The third kappa shape index (κ3) is 1.18. The predicted molar refractivity (Wildman–Crippen MR) is 57.0 cm³/mol. The quantitative estimate of drug-likeness (QED) is 0.687. The number of halogens is 1. The molecule has 2 rings (SSSR count). The summed E-state index contributed by atoms with van der Waals surface area (Å²) in [6, 6.07) is 4.02. The fourth-order valence-corrected chi connectivity index (χ4v) is 1.71. The van der Waals surface area contributed by atoms with Gasteiger partial charge in [0.15, 0.2) is 0 Å². The third-order valence-corrected chi connectivity index (χ3v) is 3.13. The number of aromatic nitrogens is 2. The molecule has 0 bridgehead atoms. The Balaban J connectivity index is 2.91. The highest BCUT2D eigenvalue weighted by Crippen LogP contribution is 2.19. The number of aryl methyl sites for hydroxylation is 1. The molecular weight excluding hydrogens is 263 g/mol. The van der Waals surface area contributed by atoms with Gasteiger partial charge in [0.1, 0.15) is 0 Å². The van der Waals surface area contributed by atoms with E-state index in [-0.39, 0.29) is 0 Å². The van der Waals surface area contributed by atoms with Crippen LogP contribution in [0.15, 0.2) is 24.5 Å². The second-order valence-corrected chi connectivity index (χ2v) is 3.67. The van der Waals surface area contributed by atoms with Crippen molar-refractivity contribution in [1.29, 1.82) is 0 Å². The lowest BCUT2D eigenvalue weighted by molar-refractivity contribution is 1.19. The summed E-state index contributed by atoms with van der Waals surface area (Å²) in [4.78, 5) is 8.45. The number of rotatable bonds is 0. The van der Waals surface area contributed by atoms with Crippen molar-refractivity contribution in [2.75, 3.05) is 0 Å². The average molecular weight is 270 g/mol. The van der Waals surface area contributed by atoms with Crippen LogP contribution < -0.4 is 0 Å². The molecule has 3 heteroatoms. The van der Waals surface area contributed by atoms with Gasteiger partial charge in [-0.2, -0.15) is 0 Å². The molecular formula is C9H7IN2. The Hall–Kier alpha value is -0.710. The van der Waals surface area contributed by atoms with Crippen molar-refractivity contribution in [1.82, 2.24) is 9.97 Å².